The molecule has 0 saturated heterocycles. The molecule has 0 amide bonds. The normalized spacial score (nSPS) is 10.5. The highest BCUT2D eigenvalue weighted by atomic mass is 35.5. The number of halogens is 1. The molecule has 0 aliphatic heterocycles. The van der Waals surface area contributed by atoms with Crippen molar-refractivity contribution >= 4 is 17.3 Å². The Morgan fingerprint density at radius 1 is 1.24 bits per heavy atom. The minimum absolute atomic E-state index is 0.806. The molecule has 2 aromatic rings. The summed E-state index contributed by atoms with van der Waals surface area (Å²) in [7, 11) is 0. The lowest BCUT2D eigenvalue weighted by Crippen LogP contribution is -2.06. The van der Waals surface area contributed by atoms with E-state index >= 15 is 0 Å². The van der Waals surface area contributed by atoms with Gasteiger partial charge in [-0.05, 0) is 43.7 Å². The van der Waals surface area contributed by atoms with Gasteiger partial charge < -0.3 is 9.88 Å². The lowest BCUT2D eigenvalue weighted by Gasteiger charge is -2.12. The topological polar surface area (TPSA) is 17.0 Å². The Morgan fingerprint density at radius 3 is 2.82 bits per heavy atom. The number of anilines is 1. The zero-order valence-corrected chi connectivity index (χ0v) is 11.0. The van der Waals surface area contributed by atoms with Crippen LogP contribution in [0.2, 0.25) is 5.02 Å². The zero-order chi connectivity index (χ0) is 12.3. The molecule has 90 valence electrons. The fraction of sp³-hybridized carbons (Fsp3) is 0.286. The lowest BCUT2D eigenvalue weighted by atomic mass is 10.2. The van der Waals surface area contributed by atoms with Crippen LogP contribution in [0.4, 0.5) is 5.69 Å². The first-order valence-electron chi connectivity index (χ1n) is 5.85. The average Bonchev–Trinajstić information content (AvgIpc) is 2.78. The van der Waals surface area contributed by atoms with Crippen LogP contribution in [0.5, 0.6) is 0 Å². The molecular formula is C14H17ClN2. The maximum atomic E-state index is 6.09. The van der Waals surface area contributed by atoms with Crippen molar-refractivity contribution in [2.24, 2.45) is 0 Å². The minimum Gasteiger partial charge on any atom is -0.379 e. The van der Waals surface area contributed by atoms with Gasteiger partial charge in [-0.15, -0.1) is 0 Å². The van der Waals surface area contributed by atoms with Crippen LogP contribution in [0.25, 0.3) is 0 Å². The fourth-order valence-corrected chi connectivity index (χ4v) is 2.08. The molecule has 1 aromatic carbocycles. The third-order valence-corrected chi connectivity index (χ3v) is 3.40. The highest BCUT2D eigenvalue weighted by Gasteiger charge is 2.03. The van der Waals surface area contributed by atoms with Crippen molar-refractivity contribution in [3.8, 4) is 0 Å². The summed E-state index contributed by atoms with van der Waals surface area (Å²) < 4.78 is 2.23. The molecule has 17 heavy (non-hydrogen) atoms. The second-order valence-corrected chi connectivity index (χ2v) is 4.46. The van der Waals surface area contributed by atoms with Gasteiger partial charge in [0.2, 0.25) is 0 Å². The lowest BCUT2D eigenvalue weighted by molar-refractivity contribution is 0.724. The van der Waals surface area contributed by atoms with Crippen LogP contribution < -0.4 is 5.32 Å². The van der Waals surface area contributed by atoms with Gasteiger partial charge in [-0.3, -0.25) is 0 Å². The molecule has 1 heterocycles. The predicted octanol–water partition coefficient (Wildman–Crippen LogP) is 4.08. The molecule has 0 aliphatic carbocycles. The monoisotopic (exact) mass is 248 g/mol. The molecule has 1 aromatic heterocycles. The molecule has 0 saturated carbocycles. The second-order valence-electron chi connectivity index (χ2n) is 4.05. The van der Waals surface area contributed by atoms with E-state index < -0.39 is 0 Å². The van der Waals surface area contributed by atoms with E-state index in [4.69, 9.17) is 11.6 Å². The number of aryl methyl sites for hydroxylation is 1. The van der Waals surface area contributed by atoms with Crippen LogP contribution in [0.1, 0.15) is 18.2 Å². The summed E-state index contributed by atoms with van der Waals surface area (Å²) in [6.45, 7) is 6.00. The molecule has 1 N–H and O–H groups in total. The summed E-state index contributed by atoms with van der Waals surface area (Å²) in [5, 5.41) is 4.23. The van der Waals surface area contributed by atoms with E-state index in [2.05, 4.69) is 41.2 Å². The first-order chi connectivity index (χ1) is 8.22. The highest BCUT2D eigenvalue weighted by molar-refractivity contribution is 6.31. The van der Waals surface area contributed by atoms with Gasteiger partial charge >= 0.3 is 0 Å². The Balaban J connectivity index is 2.10. The smallest absolute Gasteiger partial charge is 0.0553 e. The van der Waals surface area contributed by atoms with Gasteiger partial charge in [0.1, 0.15) is 0 Å². The summed E-state index contributed by atoms with van der Waals surface area (Å²) in [5.41, 5.74) is 3.48. The Hall–Kier alpha value is -1.41. The van der Waals surface area contributed by atoms with E-state index in [1.54, 1.807) is 0 Å². The van der Waals surface area contributed by atoms with Gasteiger partial charge in [0, 0.05) is 29.1 Å². The average molecular weight is 249 g/mol. The molecular weight excluding hydrogens is 232 g/mol. The number of nitrogens with one attached hydrogen (secondary N) is 1. The third kappa shape index (κ3) is 2.64. The molecule has 0 spiro atoms. The van der Waals surface area contributed by atoms with Crippen molar-refractivity contribution in [1.82, 2.24) is 4.57 Å². The Bertz CT molecular complexity index is 503. The van der Waals surface area contributed by atoms with Crippen molar-refractivity contribution in [2.45, 2.75) is 26.9 Å². The van der Waals surface area contributed by atoms with Gasteiger partial charge in [0.05, 0.1) is 6.54 Å². The van der Waals surface area contributed by atoms with Crippen LogP contribution in [-0.2, 0) is 13.1 Å². The zero-order valence-electron chi connectivity index (χ0n) is 10.2. The number of benzene rings is 1. The molecule has 0 aliphatic rings. The Morgan fingerprint density at radius 2 is 2.06 bits per heavy atom. The second kappa shape index (κ2) is 5.28. The Kier molecular flexibility index (Phi) is 3.75. The Labute approximate surface area is 107 Å². The van der Waals surface area contributed by atoms with Gasteiger partial charge in [0.15, 0.2) is 0 Å². The van der Waals surface area contributed by atoms with Crippen molar-refractivity contribution < 1.29 is 0 Å². The van der Waals surface area contributed by atoms with Crippen LogP contribution >= 0.6 is 11.6 Å². The molecule has 0 radical (unpaired) electrons. The van der Waals surface area contributed by atoms with Gasteiger partial charge in [-0.1, -0.05) is 17.7 Å². The van der Waals surface area contributed by atoms with E-state index in [1.165, 1.54) is 5.69 Å². The molecule has 0 bridgehead atoms. The summed E-state index contributed by atoms with van der Waals surface area (Å²) in [4.78, 5) is 0. The standard InChI is InChI=1S/C14H17ClN2/c1-3-17-9-5-6-12(17)10-16-14-8-4-7-13(15)11(14)2/h4-9,16H,3,10H2,1-2H3. The van der Waals surface area contributed by atoms with Gasteiger partial charge in [-0.2, -0.15) is 0 Å². The number of hydrogen-bond acceptors (Lipinski definition) is 1. The first kappa shape index (κ1) is 12.1. The van der Waals surface area contributed by atoms with Crippen LogP contribution in [0, 0.1) is 6.92 Å². The van der Waals surface area contributed by atoms with Gasteiger partial charge in [-0.25, -0.2) is 0 Å². The van der Waals surface area contributed by atoms with Crippen molar-refractivity contribution in [3.63, 3.8) is 0 Å². The van der Waals surface area contributed by atoms with Crippen molar-refractivity contribution in [1.29, 1.82) is 0 Å². The van der Waals surface area contributed by atoms with Crippen LogP contribution in [-0.4, -0.2) is 4.57 Å². The quantitative estimate of drug-likeness (QED) is 0.863. The number of hydrogen-bond donors (Lipinski definition) is 1. The number of aromatic nitrogens is 1. The van der Waals surface area contributed by atoms with Crippen molar-refractivity contribution in [3.05, 3.63) is 52.8 Å². The predicted molar refractivity (Wildman–Crippen MR) is 73.6 cm³/mol. The number of nitrogens with zero attached hydrogens (tertiary/aromatic N) is 1. The van der Waals surface area contributed by atoms with Gasteiger partial charge in [0.25, 0.3) is 0 Å². The fourth-order valence-electron chi connectivity index (χ4n) is 1.90. The van der Waals surface area contributed by atoms with Crippen LogP contribution in [0.15, 0.2) is 36.5 Å². The van der Waals surface area contributed by atoms with E-state index in [9.17, 15) is 0 Å². The largest absolute Gasteiger partial charge is 0.379 e. The first-order valence-corrected chi connectivity index (χ1v) is 6.23. The summed E-state index contributed by atoms with van der Waals surface area (Å²) in [6.07, 6.45) is 2.10. The maximum Gasteiger partial charge on any atom is 0.0553 e. The summed E-state index contributed by atoms with van der Waals surface area (Å²) in [6, 6.07) is 10.1. The third-order valence-electron chi connectivity index (χ3n) is 2.99. The molecule has 2 nitrogen and oxygen atoms in total. The van der Waals surface area contributed by atoms with Crippen molar-refractivity contribution in [2.75, 3.05) is 5.32 Å². The minimum atomic E-state index is 0.806. The SMILES string of the molecule is CCn1cccc1CNc1cccc(Cl)c1C. The van der Waals surface area contributed by atoms with E-state index in [-0.39, 0.29) is 0 Å². The highest BCUT2D eigenvalue weighted by Crippen LogP contribution is 2.23. The molecule has 2 rings (SSSR count). The molecule has 0 atom stereocenters. The summed E-state index contributed by atoms with van der Waals surface area (Å²) in [5.74, 6) is 0. The maximum absolute atomic E-state index is 6.09. The van der Waals surface area contributed by atoms with E-state index in [0.717, 1.165) is 29.4 Å². The molecule has 0 unspecified atom stereocenters. The van der Waals surface area contributed by atoms with E-state index in [1.807, 2.05) is 19.1 Å². The van der Waals surface area contributed by atoms with Crippen LogP contribution in [0.3, 0.4) is 0 Å². The molecule has 3 heteroatoms. The summed E-state index contributed by atoms with van der Waals surface area (Å²) >= 11 is 6.09. The molecule has 0 fully saturated rings. The van der Waals surface area contributed by atoms with E-state index in [0.29, 0.717) is 0 Å². The number of rotatable bonds is 4.